The van der Waals surface area contributed by atoms with E-state index in [1.807, 2.05) is 0 Å². The lowest BCUT2D eigenvalue weighted by atomic mass is 9.80. The second-order valence-corrected chi connectivity index (χ2v) is 7.06. The van der Waals surface area contributed by atoms with Crippen LogP contribution < -0.4 is 21.7 Å². The van der Waals surface area contributed by atoms with E-state index in [9.17, 15) is 9.59 Å². The van der Waals surface area contributed by atoms with Crippen LogP contribution in [0.2, 0.25) is 0 Å². The maximum Gasteiger partial charge on any atom is 0.252 e. The van der Waals surface area contributed by atoms with Crippen molar-refractivity contribution in [2.75, 3.05) is 6.61 Å². The molecular formula is C20H25N3O4. The summed E-state index contributed by atoms with van der Waals surface area (Å²) in [5.41, 5.74) is 13.6. The van der Waals surface area contributed by atoms with Crippen LogP contribution in [0.25, 0.3) is 0 Å². The summed E-state index contributed by atoms with van der Waals surface area (Å²) < 4.78 is 5.63. The smallest absolute Gasteiger partial charge is 0.252 e. The zero-order valence-electron chi connectivity index (χ0n) is 15.5. The van der Waals surface area contributed by atoms with Gasteiger partial charge in [0.1, 0.15) is 12.4 Å². The zero-order chi connectivity index (χ0) is 20.0. The van der Waals surface area contributed by atoms with Gasteiger partial charge >= 0.3 is 0 Å². The van der Waals surface area contributed by atoms with E-state index in [0.29, 0.717) is 5.75 Å². The van der Waals surface area contributed by atoms with Crippen molar-refractivity contribution in [1.82, 2.24) is 5.48 Å². The second-order valence-electron chi connectivity index (χ2n) is 7.06. The van der Waals surface area contributed by atoms with Crippen LogP contribution in [-0.2, 0) is 4.79 Å². The van der Waals surface area contributed by atoms with Gasteiger partial charge in [0.05, 0.1) is 5.92 Å². The van der Waals surface area contributed by atoms with Crippen molar-refractivity contribution in [1.29, 1.82) is 0 Å². The van der Waals surface area contributed by atoms with Crippen molar-refractivity contribution < 1.29 is 19.5 Å². The topological polar surface area (TPSA) is 128 Å². The minimum absolute atomic E-state index is 0.136. The fraction of sp³-hybridized carbons (Fsp3) is 0.400. The number of nitrogens with one attached hydrogen (secondary N) is 1. The number of carbonyl (C=O) groups is 2. The van der Waals surface area contributed by atoms with Crippen molar-refractivity contribution in [2.24, 2.45) is 11.5 Å². The minimum atomic E-state index is -1.07. The molecule has 6 N–H and O–H groups in total. The molecular weight excluding hydrogens is 346 g/mol. The summed E-state index contributed by atoms with van der Waals surface area (Å²) in [6.45, 7) is 3.40. The molecule has 1 aliphatic rings. The Balaban J connectivity index is 2.29. The third kappa shape index (κ3) is 5.33. The number of benzene rings is 1. The molecule has 1 aromatic carbocycles. The Hall–Kier alpha value is -2.82. The van der Waals surface area contributed by atoms with Crippen molar-refractivity contribution >= 4 is 11.8 Å². The number of primary amides is 1. The number of amides is 2. The van der Waals surface area contributed by atoms with Gasteiger partial charge < -0.3 is 16.2 Å². The first kappa shape index (κ1) is 20.5. The number of hydroxylamine groups is 1. The molecule has 7 nitrogen and oxygen atoms in total. The van der Waals surface area contributed by atoms with E-state index in [1.54, 1.807) is 25.4 Å². The van der Waals surface area contributed by atoms with Crippen molar-refractivity contribution in [3.05, 3.63) is 41.0 Å². The molecule has 0 heterocycles. The molecule has 7 heteroatoms. The molecule has 0 aromatic heterocycles. The first-order chi connectivity index (χ1) is 12.7. The summed E-state index contributed by atoms with van der Waals surface area (Å²) in [6, 6.07) is 4.59. The molecule has 0 aliphatic heterocycles. The molecule has 2 amide bonds. The normalized spacial score (nSPS) is 14.6. The highest BCUT2D eigenvalue weighted by atomic mass is 16.5. The molecule has 0 fully saturated rings. The number of carbonyl (C=O) groups excluding carboxylic acids is 2. The highest BCUT2D eigenvalue weighted by molar-refractivity contribution is 5.97. The molecule has 1 atom stereocenters. The maximum absolute atomic E-state index is 12.2. The Kier molecular flexibility index (Phi) is 6.61. The number of hydrogen-bond donors (Lipinski definition) is 4. The van der Waals surface area contributed by atoms with Crippen molar-refractivity contribution in [3.63, 3.8) is 0 Å². The van der Waals surface area contributed by atoms with Gasteiger partial charge in [0, 0.05) is 11.1 Å². The standard InChI is InChI=1S/C20H25N3O4/c1-20(2,22)17(19(25)23-26)16-12-14(9-10-15(16)18(21)24)27-11-5-8-13-6-3-4-7-13/h6,9-10,12,17,26H,3-4,7,11,22H2,1-2H3,(H2,21,24)(H,23,25)/t17-/m1/s1. The van der Waals surface area contributed by atoms with Crippen molar-refractivity contribution in [2.45, 2.75) is 44.6 Å². The van der Waals surface area contributed by atoms with Crippen LogP contribution in [0.3, 0.4) is 0 Å². The number of nitrogens with two attached hydrogens (primary N) is 2. The van der Waals surface area contributed by atoms with E-state index in [1.165, 1.54) is 12.1 Å². The molecule has 0 spiro atoms. The number of rotatable bonds is 6. The lowest BCUT2D eigenvalue weighted by Gasteiger charge is -2.30. The summed E-state index contributed by atoms with van der Waals surface area (Å²) in [5.74, 6) is 3.98. The molecule has 0 bridgehead atoms. The Morgan fingerprint density at radius 2 is 2.15 bits per heavy atom. The van der Waals surface area contributed by atoms with Gasteiger partial charge in [-0.1, -0.05) is 17.9 Å². The first-order valence-electron chi connectivity index (χ1n) is 8.71. The Morgan fingerprint density at radius 3 is 2.70 bits per heavy atom. The van der Waals surface area contributed by atoms with Crippen LogP contribution in [0.5, 0.6) is 5.75 Å². The van der Waals surface area contributed by atoms with Gasteiger partial charge in [-0.3, -0.25) is 14.8 Å². The molecule has 1 aromatic rings. The van der Waals surface area contributed by atoms with Crippen LogP contribution in [0.15, 0.2) is 29.8 Å². The predicted octanol–water partition coefficient (Wildman–Crippen LogP) is 1.60. The van der Waals surface area contributed by atoms with Gasteiger partial charge in [0.25, 0.3) is 5.91 Å². The molecule has 0 saturated heterocycles. The first-order valence-corrected chi connectivity index (χ1v) is 8.71. The molecule has 0 radical (unpaired) electrons. The molecule has 144 valence electrons. The molecule has 0 saturated carbocycles. The Labute approximate surface area is 158 Å². The van der Waals surface area contributed by atoms with E-state index in [-0.39, 0.29) is 17.7 Å². The SMILES string of the molecule is CC(C)(N)[C@@H](C(=O)NO)c1cc(OCC#CC2=CCCC2)ccc1C(N)=O. The lowest BCUT2D eigenvalue weighted by Crippen LogP contribution is -2.47. The fourth-order valence-corrected chi connectivity index (χ4v) is 3.09. The quantitative estimate of drug-likeness (QED) is 0.343. The highest BCUT2D eigenvalue weighted by Crippen LogP contribution is 2.32. The molecule has 1 aliphatic carbocycles. The van der Waals surface area contributed by atoms with Crippen LogP contribution in [-0.4, -0.2) is 29.2 Å². The predicted molar refractivity (Wildman–Crippen MR) is 101 cm³/mol. The van der Waals surface area contributed by atoms with E-state index in [2.05, 4.69) is 17.9 Å². The number of allylic oxidation sites excluding steroid dienone is 2. The zero-order valence-corrected chi connectivity index (χ0v) is 15.5. The van der Waals surface area contributed by atoms with Gasteiger partial charge in [-0.15, -0.1) is 0 Å². The number of ether oxygens (including phenoxy) is 1. The third-order valence-corrected chi connectivity index (χ3v) is 4.32. The minimum Gasteiger partial charge on any atom is -0.481 e. The maximum atomic E-state index is 12.2. The Bertz CT molecular complexity index is 813. The highest BCUT2D eigenvalue weighted by Gasteiger charge is 2.36. The van der Waals surface area contributed by atoms with Crippen LogP contribution in [0.1, 0.15) is 54.9 Å². The molecule has 2 rings (SSSR count). The Morgan fingerprint density at radius 1 is 1.41 bits per heavy atom. The molecule has 27 heavy (non-hydrogen) atoms. The van der Waals surface area contributed by atoms with Gasteiger partial charge in [0.2, 0.25) is 5.91 Å². The third-order valence-electron chi connectivity index (χ3n) is 4.32. The summed E-state index contributed by atoms with van der Waals surface area (Å²) in [5, 5.41) is 9.08. The monoisotopic (exact) mass is 371 g/mol. The number of hydrogen-bond acceptors (Lipinski definition) is 5. The van der Waals surface area contributed by atoms with Gasteiger partial charge in [-0.2, -0.15) is 0 Å². The second kappa shape index (κ2) is 8.71. The van der Waals surface area contributed by atoms with E-state index in [4.69, 9.17) is 21.4 Å². The summed E-state index contributed by atoms with van der Waals surface area (Å²) in [7, 11) is 0. The van der Waals surface area contributed by atoms with E-state index >= 15 is 0 Å². The average molecular weight is 371 g/mol. The van der Waals surface area contributed by atoms with E-state index < -0.39 is 23.3 Å². The van der Waals surface area contributed by atoms with Crippen LogP contribution in [0, 0.1) is 11.8 Å². The van der Waals surface area contributed by atoms with Gasteiger partial charge in [0.15, 0.2) is 0 Å². The van der Waals surface area contributed by atoms with E-state index in [0.717, 1.165) is 24.8 Å². The van der Waals surface area contributed by atoms with Crippen molar-refractivity contribution in [3.8, 4) is 17.6 Å². The summed E-state index contributed by atoms with van der Waals surface area (Å²) >= 11 is 0. The van der Waals surface area contributed by atoms with Gasteiger partial charge in [-0.25, -0.2) is 5.48 Å². The largest absolute Gasteiger partial charge is 0.481 e. The lowest BCUT2D eigenvalue weighted by molar-refractivity contribution is -0.132. The summed E-state index contributed by atoms with van der Waals surface area (Å²) in [6.07, 6.45) is 5.31. The van der Waals surface area contributed by atoms with Gasteiger partial charge in [-0.05, 0) is 62.4 Å². The summed E-state index contributed by atoms with van der Waals surface area (Å²) in [4.78, 5) is 24.0. The fourth-order valence-electron chi connectivity index (χ4n) is 3.09. The molecule has 0 unspecified atom stereocenters. The average Bonchev–Trinajstić information content (AvgIpc) is 3.11. The van der Waals surface area contributed by atoms with Crippen LogP contribution >= 0.6 is 0 Å². The van der Waals surface area contributed by atoms with Crippen LogP contribution in [0.4, 0.5) is 0 Å².